The average molecular weight is 760 g/mol. The number of fused-ring (bicyclic) bond motifs is 5. The normalized spacial score (nSPS) is 12.1. The summed E-state index contributed by atoms with van der Waals surface area (Å²) in [4.78, 5) is 7.10. The first-order valence-electron chi connectivity index (χ1n) is 19.7. The zero-order chi connectivity index (χ0) is 38.4. The first-order chi connectivity index (χ1) is 28.8. The first kappa shape index (κ1) is 33.9. The Morgan fingerprint density at radius 2 is 0.724 bits per heavy atom. The summed E-state index contributed by atoms with van der Waals surface area (Å²) in [6.07, 6.45) is 0. The van der Waals surface area contributed by atoms with Crippen LogP contribution in [-0.2, 0) is 0 Å². The second-order valence-electron chi connectivity index (χ2n) is 14.6. The van der Waals surface area contributed by atoms with Gasteiger partial charge in [-0.2, -0.15) is 0 Å². The summed E-state index contributed by atoms with van der Waals surface area (Å²) in [5.41, 5.74) is 14.9. The van der Waals surface area contributed by atoms with Crippen molar-refractivity contribution in [2.24, 2.45) is 0 Å². The molecule has 1 aliphatic rings. The monoisotopic (exact) mass is 759 g/mol. The van der Waals surface area contributed by atoms with Gasteiger partial charge in [0.2, 0.25) is 0 Å². The highest BCUT2D eigenvalue weighted by atomic mass is 32.1. The largest absolute Gasteiger partial charge is 0.311 e. The number of thiophene rings is 1. The van der Waals surface area contributed by atoms with Crippen molar-refractivity contribution < 1.29 is 0 Å². The lowest BCUT2D eigenvalue weighted by molar-refractivity contribution is 1.17. The van der Waals surface area contributed by atoms with Crippen molar-refractivity contribution in [1.29, 1.82) is 0 Å². The maximum Gasteiger partial charge on any atom is 0.0709 e. The van der Waals surface area contributed by atoms with Gasteiger partial charge in [0.1, 0.15) is 0 Å². The van der Waals surface area contributed by atoms with Crippen LogP contribution >= 0.6 is 11.3 Å². The molecule has 9 aromatic carbocycles. The van der Waals surface area contributed by atoms with E-state index >= 15 is 0 Å². The van der Waals surface area contributed by atoms with Gasteiger partial charge in [-0.15, -0.1) is 11.3 Å². The number of rotatable bonds is 7. The van der Waals surface area contributed by atoms with Gasteiger partial charge < -0.3 is 14.7 Å². The van der Waals surface area contributed by atoms with Crippen LogP contribution < -0.4 is 14.7 Å². The number of anilines is 9. The van der Waals surface area contributed by atoms with Crippen LogP contribution in [0.1, 0.15) is 0 Å². The Hall–Kier alpha value is -7.40. The fourth-order valence-electron chi connectivity index (χ4n) is 8.42. The van der Waals surface area contributed by atoms with Gasteiger partial charge in [-0.05, 0) is 125 Å². The predicted octanol–water partition coefficient (Wildman–Crippen LogP) is 16.1. The number of para-hydroxylation sites is 5. The SMILES string of the molecule is c1ccc(N(c2ccc(-c3ccc4c(c3)N(c3ccccc3)c3ccccc3N4c3ccccc3)cc2)c2ccc(-c3ccc4sc5ccccc5c4c3)cc2)cc1. The number of hydrogen-bond donors (Lipinski definition) is 0. The van der Waals surface area contributed by atoms with E-state index in [9.17, 15) is 0 Å². The lowest BCUT2D eigenvalue weighted by atomic mass is 9.99. The van der Waals surface area contributed by atoms with Crippen LogP contribution in [-0.4, -0.2) is 0 Å². The van der Waals surface area contributed by atoms with Gasteiger partial charge in [0.05, 0.1) is 22.7 Å². The third kappa shape index (κ3) is 5.90. The van der Waals surface area contributed by atoms with Crippen LogP contribution in [0.15, 0.2) is 224 Å². The van der Waals surface area contributed by atoms with Crippen molar-refractivity contribution in [2.75, 3.05) is 14.7 Å². The minimum atomic E-state index is 1.10. The van der Waals surface area contributed by atoms with Gasteiger partial charge in [0.15, 0.2) is 0 Å². The molecule has 2 heterocycles. The van der Waals surface area contributed by atoms with Gasteiger partial charge in [-0.25, -0.2) is 0 Å². The zero-order valence-corrected chi connectivity index (χ0v) is 32.4. The van der Waals surface area contributed by atoms with Gasteiger partial charge in [-0.3, -0.25) is 0 Å². The van der Waals surface area contributed by atoms with Crippen molar-refractivity contribution in [3.8, 4) is 22.3 Å². The van der Waals surface area contributed by atoms with Gasteiger partial charge in [-0.1, -0.05) is 121 Å². The molecule has 11 rings (SSSR count). The maximum atomic E-state index is 2.39. The fraction of sp³-hybridized carbons (Fsp3) is 0. The quantitative estimate of drug-likeness (QED) is 0.160. The van der Waals surface area contributed by atoms with Crippen molar-refractivity contribution in [1.82, 2.24) is 0 Å². The molecule has 0 saturated carbocycles. The summed E-state index contributed by atoms with van der Waals surface area (Å²) >= 11 is 1.86. The molecule has 1 aliphatic heterocycles. The lowest BCUT2D eigenvalue weighted by Gasteiger charge is -2.40. The number of hydrogen-bond acceptors (Lipinski definition) is 4. The molecule has 0 fully saturated rings. The minimum Gasteiger partial charge on any atom is -0.311 e. The molecule has 4 heteroatoms. The lowest BCUT2D eigenvalue weighted by Crippen LogP contribution is -2.24. The van der Waals surface area contributed by atoms with Gasteiger partial charge in [0.25, 0.3) is 0 Å². The van der Waals surface area contributed by atoms with E-state index in [4.69, 9.17) is 0 Å². The van der Waals surface area contributed by atoms with Crippen molar-refractivity contribution in [3.63, 3.8) is 0 Å². The number of nitrogens with zero attached hydrogens (tertiary/aromatic N) is 3. The van der Waals surface area contributed by atoms with E-state index in [0.717, 1.165) is 62.3 Å². The Bertz CT molecular complexity index is 3050. The van der Waals surface area contributed by atoms with E-state index < -0.39 is 0 Å². The molecule has 0 atom stereocenters. The molecule has 0 bridgehead atoms. The van der Waals surface area contributed by atoms with E-state index in [1.54, 1.807) is 0 Å². The number of benzene rings is 9. The highest BCUT2D eigenvalue weighted by Crippen LogP contribution is 2.55. The molecule has 274 valence electrons. The molecule has 3 nitrogen and oxygen atoms in total. The highest BCUT2D eigenvalue weighted by molar-refractivity contribution is 7.25. The standard InChI is InChI=1S/C54H37N3S/c1-4-14-42(15-5-1)55(45-30-24-38(25-31-45)40-29-35-54-48(36-40)47-20-10-13-23-53(47)58-54)46-32-26-39(27-33-46)41-28-34-51-52(37-41)57(44-18-8-3-9-19-44)50-22-12-11-21-49(50)56(51)43-16-6-2-7-17-43/h1-37H. The topological polar surface area (TPSA) is 9.72 Å². The van der Waals surface area contributed by atoms with E-state index in [2.05, 4.69) is 239 Å². The van der Waals surface area contributed by atoms with Crippen molar-refractivity contribution in [3.05, 3.63) is 224 Å². The second kappa shape index (κ2) is 14.3. The van der Waals surface area contributed by atoms with E-state index in [1.807, 2.05) is 11.3 Å². The van der Waals surface area contributed by atoms with Crippen LogP contribution in [0.3, 0.4) is 0 Å². The Labute approximate surface area is 342 Å². The first-order valence-corrected chi connectivity index (χ1v) is 20.5. The highest BCUT2D eigenvalue weighted by Gasteiger charge is 2.30. The Kier molecular flexibility index (Phi) is 8.34. The summed E-state index contributed by atoms with van der Waals surface area (Å²) in [6, 6.07) is 81.0. The molecule has 0 aliphatic carbocycles. The molecule has 0 saturated heterocycles. The van der Waals surface area contributed by atoms with E-state index in [1.165, 1.54) is 31.3 Å². The summed E-state index contributed by atoms with van der Waals surface area (Å²) in [5, 5.41) is 2.64. The summed E-state index contributed by atoms with van der Waals surface area (Å²) in [5.74, 6) is 0. The molecule has 1 aromatic heterocycles. The Morgan fingerprint density at radius 3 is 1.34 bits per heavy atom. The summed E-state index contributed by atoms with van der Waals surface area (Å²) in [6.45, 7) is 0. The van der Waals surface area contributed by atoms with Crippen LogP contribution in [0.25, 0.3) is 42.4 Å². The van der Waals surface area contributed by atoms with Crippen LogP contribution in [0.2, 0.25) is 0 Å². The van der Waals surface area contributed by atoms with Crippen LogP contribution in [0.5, 0.6) is 0 Å². The van der Waals surface area contributed by atoms with Gasteiger partial charge >= 0.3 is 0 Å². The molecule has 0 spiro atoms. The molecule has 0 amide bonds. The minimum absolute atomic E-state index is 1.10. The molecule has 58 heavy (non-hydrogen) atoms. The third-order valence-electron chi connectivity index (χ3n) is 11.2. The molecule has 0 radical (unpaired) electrons. The zero-order valence-electron chi connectivity index (χ0n) is 31.6. The predicted molar refractivity (Wildman–Crippen MR) is 248 cm³/mol. The van der Waals surface area contributed by atoms with Crippen LogP contribution in [0, 0.1) is 0 Å². The Morgan fingerprint density at radius 1 is 0.293 bits per heavy atom. The average Bonchev–Trinajstić information content (AvgIpc) is 3.67. The molecule has 0 N–H and O–H groups in total. The van der Waals surface area contributed by atoms with Crippen LogP contribution in [0.4, 0.5) is 51.2 Å². The maximum absolute atomic E-state index is 2.39. The van der Waals surface area contributed by atoms with Gasteiger partial charge in [0, 0.05) is 48.6 Å². The molecular formula is C54H37N3S. The Balaban J connectivity index is 0.963. The van der Waals surface area contributed by atoms with E-state index in [-0.39, 0.29) is 0 Å². The van der Waals surface area contributed by atoms with Crippen molar-refractivity contribution >= 4 is 82.7 Å². The van der Waals surface area contributed by atoms with E-state index in [0.29, 0.717) is 0 Å². The second-order valence-corrected chi connectivity index (χ2v) is 15.7. The molecule has 10 aromatic rings. The summed E-state index contributed by atoms with van der Waals surface area (Å²) in [7, 11) is 0. The fourth-order valence-corrected chi connectivity index (χ4v) is 9.51. The molecule has 0 unspecified atom stereocenters. The van der Waals surface area contributed by atoms with Crippen molar-refractivity contribution in [2.45, 2.75) is 0 Å². The molecular weight excluding hydrogens is 723 g/mol. The summed E-state index contributed by atoms with van der Waals surface area (Å²) < 4.78 is 2.65. The smallest absolute Gasteiger partial charge is 0.0709 e. The third-order valence-corrected chi connectivity index (χ3v) is 12.3.